The minimum absolute atomic E-state index is 0.251. The quantitative estimate of drug-likeness (QED) is 0.447. The monoisotopic (exact) mass is 312 g/mol. The first-order chi connectivity index (χ1) is 10.3. The van der Waals surface area contributed by atoms with Crippen LogP contribution in [0.5, 0.6) is 0 Å². The maximum atomic E-state index is 11.2. The Morgan fingerprint density at radius 2 is 1.91 bits per heavy atom. The fourth-order valence-corrected chi connectivity index (χ4v) is 2.44. The Morgan fingerprint density at radius 3 is 2.50 bits per heavy atom. The molecule has 1 aliphatic rings. The van der Waals surface area contributed by atoms with Crippen LogP contribution < -0.4 is 0 Å². The van der Waals surface area contributed by atoms with Crippen molar-refractivity contribution in [1.82, 2.24) is 0 Å². The Bertz CT molecular complexity index is 586. The lowest BCUT2D eigenvalue weighted by atomic mass is 9.87. The van der Waals surface area contributed by atoms with E-state index in [0.717, 1.165) is 5.56 Å². The van der Waals surface area contributed by atoms with E-state index in [4.69, 9.17) is 14.9 Å². The van der Waals surface area contributed by atoms with Gasteiger partial charge in [-0.1, -0.05) is 24.3 Å². The summed E-state index contributed by atoms with van der Waals surface area (Å²) < 4.78 is 4.98. The third kappa shape index (κ3) is 2.81. The summed E-state index contributed by atoms with van der Waals surface area (Å²) >= 11 is 0. The second-order valence-electron chi connectivity index (χ2n) is 5.09. The van der Waals surface area contributed by atoms with E-state index in [-0.39, 0.29) is 6.42 Å². The van der Waals surface area contributed by atoms with E-state index >= 15 is 0 Å². The molecule has 4 atom stereocenters. The Kier molecular flexibility index (Phi) is 4.47. The number of carboxylic acids is 2. The average Bonchev–Trinajstić information content (AvgIpc) is 2.48. The van der Waals surface area contributed by atoms with Gasteiger partial charge < -0.3 is 30.3 Å². The van der Waals surface area contributed by atoms with Crippen molar-refractivity contribution in [3.63, 3.8) is 0 Å². The smallest absolute Gasteiger partial charge is 0.367 e. The standard InChI is InChI=1S/C14H16O8/c15-9-6-5-7-3-1-2-4-8(7)10(9)22-14(21,13(19)20)11(16)12(17)18/h1-4,9-11,15-16,21H,5-6H2,(H,17,18)(H,19,20). The topological polar surface area (TPSA) is 145 Å². The number of carboxylic acid groups (broad SMARTS) is 2. The molecule has 0 heterocycles. The number of aliphatic carboxylic acids is 2. The van der Waals surface area contributed by atoms with Crippen molar-refractivity contribution in [1.29, 1.82) is 0 Å². The van der Waals surface area contributed by atoms with Crippen LogP contribution >= 0.6 is 0 Å². The molecular weight excluding hydrogens is 296 g/mol. The van der Waals surface area contributed by atoms with Gasteiger partial charge in [-0.3, -0.25) is 0 Å². The molecule has 8 heteroatoms. The zero-order valence-electron chi connectivity index (χ0n) is 11.4. The van der Waals surface area contributed by atoms with Gasteiger partial charge in [0.2, 0.25) is 6.10 Å². The number of hydrogen-bond acceptors (Lipinski definition) is 6. The lowest BCUT2D eigenvalue weighted by Crippen LogP contribution is -2.56. The highest BCUT2D eigenvalue weighted by Crippen LogP contribution is 2.36. The molecule has 120 valence electrons. The van der Waals surface area contributed by atoms with Gasteiger partial charge in [0.1, 0.15) is 6.10 Å². The summed E-state index contributed by atoms with van der Waals surface area (Å²) in [5.74, 6) is -7.39. The van der Waals surface area contributed by atoms with E-state index in [2.05, 4.69) is 0 Å². The number of fused-ring (bicyclic) bond motifs is 1. The van der Waals surface area contributed by atoms with E-state index in [1.165, 1.54) is 0 Å². The number of ether oxygens (including phenoxy) is 1. The summed E-state index contributed by atoms with van der Waals surface area (Å²) in [6.07, 6.45) is -4.32. The van der Waals surface area contributed by atoms with Crippen LogP contribution in [0.4, 0.5) is 0 Å². The SMILES string of the molecule is O=C(O)C(O)C(O)(OC1c2ccccc2CCC1O)C(=O)O. The second-order valence-corrected chi connectivity index (χ2v) is 5.09. The number of aliphatic hydroxyl groups excluding tert-OH is 2. The highest BCUT2D eigenvalue weighted by Gasteiger charge is 2.52. The molecule has 0 aliphatic heterocycles. The van der Waals surface area contributed by atoms with Crippen molar-refractivity contribution in [2.45, 2.75) is 36.9 Å². The third-order valence-electron chi connectivity index (χ3n) is 3.64. The molecule has 5 N–H and O–H groups in total. The van der Waals surface area contributed by atoms with Crippen molar-refractivity contribution in [3.05, 3.63) is 35.4 Å². The van der Waals surface area contributed by atoms with E-state index in [0.29, 0.717) is 12.0 Å². The summed E-state index contributed by atoms with van der Waals surface area (Å²) in [5, 5.41) is 47.2. The molecule has 0 fully saturated rings. The summed E-state index contributed by atoms with van der Waals surface area (Å²) in [7, 11) is 0. The van der Waals surface area contributed by atoms with Gasteiger partial charge in [-0.25, -0.2) is 9.59 Å². The highest BCUT2D eigenvalue weighted by atomic mass is 16.7. The van der Waals surface area contributed by atoms with Crippen LogP contribution in [0.15, 0.2) is 24.3 Å². The van der Waals surface area contributed by atoms with Crippen LogP contribution in [0.2, 0.25) is 0 Å². The van der Waals surface area contributed by atoms with Gasteiger partial charge >= 0.3 is 17.7 Å². The van der Waals surface area contributed by atoms with Crippen LogP contribution in [-0.2, 0) is 20.7 Å². The maximum Gasteiger partial charge on any atom is 0.367 e. The van der Waals surface area contributed by atoms with Crippen LogP contribution in [-0.4, -0.2) is 55.5 Å². The molecule has 0 aromatic heterocycles. The fourth-order valence-electron chi connectivity index (χ4n) is 2.44. The van der Waals surface area contributed by atoms with Crippen LogP contribution in [0.3, 0.4) is 0 Å². The van der Waals surface area contributed by atoms with Gasteiger partial charge in [-0.05, 0) is 24.0 Å². The molecule has 2 rings (SSSR count). The average molecular weight is 312 g/mol. The lowest BCUT2D eigenvalue weighted by Gasteiger charge is -2.36. The van der Waals surface area contributed by atoms with E-state index in [1.54, 1.807) is 24.3 Å². The van der Waals surface area contributed by atoms with Gasteiger partial charge in [0.05, 0.1) is 6.10 Å². The first-order valence-electron chi connectivity index (χ1n) is 6.57. The van der Waals surface area contributed by atoms with Gasteiger partial charge in [-0.2, -0.15) is 0 Å². The summed E-state index contributed by atoms with van der Waals surface area (Å²) in [5.41, 5.74) is 1.23. The zero-order chi connectivity index (χ0) is 16.5. The third-order valence-corrected chi connectivity index (χ3v) is 3.64. The van der Waals surface area contributed by atoms with Gasteiger partial charge in [0.15, 0.2) is 0 Å². The Hall–Kier alpha value is -2.00. The predicted molar refractivity (Wildman–Crippen MR) is 70.8 cm³/mol. The van der Waals surface area contributed by atoms with Crippen molar-refractivity contribution in [3.8, 4) is 0 Å². The zero-order valence-corrected chi connectivity index (χ0v) is 11.4. The Morgan fingerprint density at radius 1 is 1.27 bits per heavy atom. The predicted octanol–water partition coefficient (Wildman–Crippen LogP) is -0.730. The van der Waals surface area contributed by atoms with Gasteiger partial charge in [0, 0.05) is 0 Å². The largest absolute Gasteiger partial charge is 0.479 e. The Labute approximate surface area is 125 Å². The Balaban J connectivity index is 2.38. The van der Waals surface area contributed by atoms with Crippen molar-refractivity contribution in [2.24, 2.45) is 0 Å². The summed E-state index contributed by atoms with van der Waals surface area (Å²) in [6.45, 7) is 0. The first kappa shape index (κ1) is 16.4. The van der Waals surface area contributed by atoms with Crippen LogP contribution in [0, 0.1) is 0 Å². The minimum Gasteiger partial charge on any atom is -0.479 e. The number of aliphatic hydroxyl groups is 3. The van der Waals surface area contributed by atoms with E-state index in [9.17, 15) is 24.9 Å². The van der Waals surface area contributed by atoms with Crippen molar-refractivity contribution < 1.29 is 39.9 Å². The lowest BCUT2D eigenvalue weighted by molar-refractivity contribution is -0.285. The fraction of sp³-hybridized carbons (Fsp3) is 0.429. The molecule has 0 amide bonds. The summed E-state index contributed by atoms with van der Waals surface area (Å²) in [6, 6.07) is 6.73. The number of benzene rings is 1. The molecule has 8 nitrogen and oxygen atoms in total. The highest BCUT2D eigenvalue weighted by molar-refractivity contribution is 5.85. The molecule has 0 spiro atoms. The number of hydrogen-bond donors (Lipinski definition) is 5. The molecule has 1 aliphatic carbocycles. The first-order valence-corrected chi connectivity index (χ1v) is 6.57. The molecule has 0 bridgehead atoms. The number of aryl methyl sites for hydroxylation is 1. The number of carbonyl (C=O) groups is 2. The molecule has 1 aromatic rings. The summed E-state index contributed by atoms with van der Waals surface area (Å²) in [4.78, 5) is 22.0. The van der Waals surface area contributed by atoms with E-state index in [1.807, 2.05) is 0 Å². The number of rotatable bonds is 5. The van der Waals surface area contributed by atoms with Crippen LogP contribution in [0.25, 0.3) is 0 Å². The second kappa shape index (κ2) is 6.01. The van der Waals surface area contributed by atoms with Crippen LogP contribution in [0.1, 0.15) is 23.7 Å². The molecule has 1 aromatic carbocycles. The minimum atomic E-state index is -3.37. The van der Waals surface area contributed by atoms with Crippen molar-refractivity contribution >= 4 is 11.9 Å². The molecule has 22 heavy (non-hydrogen) atoms. The van der Waals surface area contributed by atoms with Gasteiger partial charge in [0.25, 0.3) is 0 Å². The van der Waals surface area contributed by atoms with Gasteiger partial charge in [-0.15, -0.1) is 0 Å². The van der Waals surface area contributed by atoms with E-state index < -0.39 is 36.0 Å². The molecular formula is C14H16O8. The molecule has 0 saturated heterocycles. The molecule has 0 radical (unpaired) electrons. The maximum absolute atomic E-state index is 11.2. The molecule has 4 unspecified atom stereocenters. The normalized spacial score (nSPS) is 24.9. The van der Waals surface area contributed by atoms with Crippen molar-refractivity contribution in [2.75, 3.05) is 0 Å². The molecule has 0 saturated carbocycles.